The Labute approximate surface area is 190 Å². The lowest BCUT2D eigenvalue weighted by molar-refractivity contribution is 0.0204. The molecule has 8 nitrogen and oxygen atoms in total. The molecule has 1 fully saturated rings. The average molecular weight is 453 g/mol. The van der Waals surface area contributed by atoms with E-state index in [1.54, 1.807) is 16.2 Å². The quantitative estimate of drug-likeness (QED) is 0.435. The van der Waals surface area contributed by atoms with Crippen molar-refractivity contribution in [1.29, 1.82) is 0 Å². The zero-order chi connectivity index (χ0) is 22.6. The highest BCUT2D eigenvalue weighted by molar-refractivity contribution is 7.20. The molecule has 0 unspecified atom stereocenters. The number of fused-ring (bicyclic) bond motifs is 2. The van der Waals surface area contributed by atoms with Gasteiger partial charge in [-0.2, -0.15) is 5.10 Å². The number of piperidine rings is 1. The first-order chi connectivity index (χ1) is 15.2. The minimum Gasteiger partial charge on any atom is -0.444 e. The molecule has 9 heteroatoms. The van der Waals surface area contributed by atoms with E-state index >= 15 is 0 Å². The van der Waals surface area contributed by atoms with Gasteiger partial charge in [0.1, 0.15) is 11.3 Å². The number of carbonyl (C=O) groups is 1. The van der Waals surface area contributed by atoms with Gasteiger partial charge in [-0.3, -0.25) is 4.40 Å². The van der Waals surface area contributed by atoms with Crippen molar-refractivity contribution in [1.82, 2.24) is 28.9 Å². The lowest BCUT2D eigenvalue weighted by Crippen LogP contribution is -2.41. The molecule has 0 radical (unpaired) electrons. The van der Waals surface area contributed by atoms with Gasteiger partial charge in [-0.1, -0.05) is 11.3 Å². The minimum absolute atomic E-state index is 0.223. The number of amides is 1. The largest absolute Gasteiger partial charge is 0.444 e. The highest BCUT2D eigenvalue weighted by Gasteiger charge is 2.28. The summed E-state index contributed by atoms with van der Waals surface area (Å²) in [5.74, 6) is 0.356. The maximum Gasteiger partial charge on any atom is 0.410 e. The molecule has 1 amide bonds. The average Bonchev–Trinajstić information content (AvgIpc) is 3.39. The molecule has 1 aliphatic heterocycles. The Morgan fingerprint density at radius 3 is 2.56 bits per heavy atom. The molecule has 0 atom stereocenters. The molecule has 4 aromatic heterocycles. The molecule has 1 saturated heterocycles. The van der Waals surface area contributed by atoms with Crippen molar-refractivity contribution in [3.05, 3.63) is 41.6 Å². The molecule has 1 aliphatic rings. The maximum atomic E-state index is 12.3. The number of hydrogen-bond donors (Lipinski definition) is 0. The Morgan fingerprint density at radius 1 is 1.12 bits per heavy atom. The highest BCUT2D eigenvalue weighted by Crippen LogP contribution is 2.33. The lowest BCUT2D eigenvalue weighted by atomic mass is 9.94. The molecule has 5 heterocycles. The van der Waals surface area contributed by atoms with Crippen molar-refractivity contribution in [3.8, 4) is 10.6 Å². The topological polar surface area (TPSA) is 77.0 Å². The Kier molecular flexibility index (Phi) is 4.96. The summed E-state index contributed by atoms with van der Waals surface area (Å²) in [6.07, 6.45) is 7.74. The van der Waals surface area contributed by atoms with Gasteiger partial charge in [-0.05, 0) is 59.1 Å². The number of ether oxygens (including phenoxy) is 1. The van der Waals surface area contributed by atoms with Crippen LogP contribution in [0, 0.1) is 13.8 Å². The van der Waals surface area contributed by atoms with Gasteiger partial charge in [-0.25, -0.2) is 19.3 Å². The first-order valence-electron chi connectivity index (χ1n) is 11.0. The van der Waals surface area contributed by atoms with Crippen LogP contribution in [-0.4, -0.2) is 53.7 Å². The van der Waals surface area contributed by atoms with Crippen molar-refractivity contribution in [2.24, 2.45) is 0 Å². The van der Waals surface area contributed by atoms with Crippen LogP contribution >= 0.6 is 11.3 Å². The van der Waals surface area contributed by atoms with E-state index in [-0.39, 0.29) is 6.09 Å². The van der Waals surface area contributed by atoms with Crippen LogP contribution < -0.4 is 0 Å². The number of aryl methyl sites for hydroxylation is 2. The molecular weight excluding hydrogens is 424 g/mol. The predicted octanol–water partition coefficient (Wildman–Crippen LogP) is 4.84. The Morgan fingerprint density at radius 2 is 1.88 bits per heavy atom. The molecule has 0 bridgehead atoms. The molecule has 4 aromatic rings. The zero-order valence-corrected chi connectivity index (χ0v) is 19.9. The van der Waals surface area contributed by atoms with E-state index in [2.05, 4.69) is 34.8 Å². The fraction of sp³-hybridized carbons (Fsp3) is 0.478. The molecule has 168 valence electrons. The van der Waals surface area contributed by atoms with Gasteiger partial charge in [0, 0.05) is 31.4 Å². The van der Waals surface area contributed by atoms with E-state index in [0.717, 1.165) is 51.0 Å². The third kappa shape index (κ3) is 3.97. The molecule has 0 N–H and O–H groups in total. The smallest absolute Gasteiger partial charge is 0.410 e. The van der Waals surface area contributed by atoms with Crippen LogP contribution in [0.15, 0.2) is 24.7 Å². The van der Waals surface area contributed by atoms with Crippen molar-refractivity contribution in [2.45, 2.75) is 59.0 Å². The highest BCUT2D eigenvalue weighted by atomic mass is 32.1. The second-order valence-corrected chi connectivity index (χ2v) is 10.6. The van der Waals surface area contributed by atoms with E-state index in [4.69, 9.17) is 14.8 Å². The number of nitrogens with zero attached hydrogens (tertiary/aromatic N) is 6. The summed E-state index contributed by atoms with van der Waals surface area (Å²) >= 11 is 1.64. The molecular formula is C23H28N6O2S. The van der Waals surface area contributed by atoms with Crippen LogP contribution in [0.5, 0.6) is 0 Å². The summed E-state index contributed by atoms with van der Waals surface area (Å²) in [5.41, 5.74) is 4.51. The second-order valence-electron chi connectivity index (χ2n) is 9.56. The second kappa shape index (κ2) is 7.58. The number of imidazole rings is 2. The van der Waals surface area contributed by atoms with Crippen molar-refractivity contribution >= 4 is 28.0 Å². The Bertz CT molecular complexity index is 1270. The third-order valence-corrected chi connectivity index (χ3v) is 6.74. The Hall–Kier alpha value is -2.94. The number of thiazole rings is 1. The van der Waals surface area contributed by atoms with E-state index in [0.29, 0.717) is 19.0 Å². The van der Waals surface area contributed by atoms with E-state index in [1.165, 1.54) is 0 Å². The van der Waals surface area contributed by atoms with Gasteiger partial charge in [-0.15, -0.1) is 0 Å². The Balaban J connectivity index is 1.31. The zero-order valence-electron chi connectivity index (χ0n) is 19.1. The van der Waals surface area contributed by atoms with Crippen molar-refractivity contribution < 1.29 is 9.53 Å². The number of aromatic nitrogens is 5. The van der Waals surface area contributed by atoms with E-state index in [1.807, 2.05) is 38.4 Å². The van der Waals surface area contributed by atoms with Gasteiger partial charge >= 0.3 is 6.09 Å². The molecule has 0 saturated carbocycles. The summed E-state index contributed by atoms with van der Waals surface area (Å²) in [6, 6.07) is 2.08. The summed E-state index contributed by atoms with van der Waals surface area (Å²) in [5, 5.41) is 4.74. The summed E-state index contributed by atoms with van der Waals surface area (Å²) in [4.78, 5) is 25.6. The lowest BCUT2D eigenvalue weighted by Gasteiger charge is -2.32. The van der Waals surface area contributed by atoms with E-state index in [9.17, 15) is 4.79 Å². The van der Waals surface area contributed by atoms with Gasteiger partial charge in [0.2, 0.25) is 0 Å². The van der Waals surface area contributed by atoms with Gasteiger partial charge in [0.25, 0.3) is 0 Å². The fourth-order valence-electron chi connectivity index (χ4n) is 4.18. The summed E-state index contributed by atoms with van der Waals surface area (Å²) in [6.45, 7) is 11.1. The SMILES string of the molecule is Cc1cn2nc(-c3cn4cc(C5CCN(C(=O)OC(C)(C)C)CC5)nc4s3)cc(C)c2n1. The first kappa shape index (κ1) is 20.9. The van der Waals surface area contributed by atoms with Crippen molar-refractivity contribution in [3.63, 3.8) is 0 Å². The molecule has 0 spiro atoms. The third-order valence-electron chi connectivity index (χ3n) is 5.72. The minimum atomic E-state index is -0.464. The number of carbonyl (C=O) groups excluding carboxylic acids is 1. The predicted molar refractivity (Wildman–Crippen MR) is 124 cm³/mol. The molecule has 0 aliphatic carbocycles. The van der Waals surface area contributed by atoms with Crippen LogP contribution in [0.3, 0.4) is 0 Å². The van der Waals surface area contributed by atoms with Crippen LogP contribution in [-0.2, 0) is 4.74 Å². The maximum absolute atomic E-state index is 12.3. The van der Waals surface area contributed by atoms with Gasteiger partial charge in [0.15, 0.2) is 10.6 Å². The summed E-state index contributed by atoms with van der Waals surface area (Å²) < 4.78 is 9.45. The number of hydrogen-bond acceptors (Lipinski definition) is 6. The molecule has 0 aromatic carbocycles. The van der Waals surface area contributed by atoms with Crippen molar-refractivity contribution in [2.75, 3.05) is 13.1 Å². The van der Waals surface area contributed by atoms with Gasteiger partial charge < -0.3 is 9.64 Å². The van der Waals surface area contributed by atoms with Crippen LogP contribution in [0.1, 0.15) is 56.5 Å². The van der Waals surface area contributed by atoms with E-state index < -0.39 is 5.60 Å². The standard InChI is InChI=1S/C23H28N6O2S/c1-14-10-17(26-29-11-15(2)24-20(14)29)19-13-28-12-18(25-21(28)32-19)16-6-8-27(9-7-16)22(30)31-23(3,4)5/h10-13,16H,6-9H2,1-5H3. The fourth-order valence-corrected chi connectivity index (χ4v) is 5.11. The summed E-state index contributed by atoms with van der Waals surface area (Å²) in [7, 11) is 0. The van der Waals surface area contributed by atoms with Crippen LogP contribution in [0.2, 0.25) is 0 Å². The monoisotopic (exact) mass is 452 g/mol. The number of rotatable bonds is 2. The van der Waals surface area contributed by atoms with Crippen LogP contribution in [0.4, 0.5) is 4.79 Å². The number of likely N-dealkylation sites (tertiary alicyclic amines) is 1. The van der Waals surface area contributed by atoms with Gasteiger partial charge in [0.05, 0.1) is 22.5 Å². The van der Waals surface area contributed by atoms with Crippen LogP contribution in [0.25, 0.3) is 21.2 Å². The molecule has 32 heavy (non-hydrogen) atoms. The molecule has 5 rings (SSSR count). The normalized spacial score (nSPS) is 15.7. The first-order valence-corrected chi connectivity index (χ1v) is 11.8.